The average Bonchev–Trinajstić information content (AvgIpc) is 2.89. The molecule has 1 aromatic carbocycles. The first-order valence-corrected chi connectivity index (χ1v) is 6.03. The molecule has 0 N–H and O–H groups in total. The minimum Gasteiger partial charge on any atom is -0.264 e. The van der Waals surface area contributed by atoms with Gasteiger partial charge in [-0.3, -0.25) is 4.98 Å². The van der Waals surface area contributed by atoms with Gasteiger partial charge in [0.05, 0.1) is 5.39 Å². The third-order valence-corrected chi connectivity index (χ3v) is 3.36. The summed E-state index contributed by atoms with van der Waals surface area (Å²) in [5.74, 6) is 0. The van der Waals surface area contributed by atoms with Gasteiger partial charge < -0.3 is 0 Å². The van der Waals surface area contributed by atoms with Crippen LogP contribution in [0.15, 0.2) is 66.0 Å². The fourth-order valence-electron chi connectivity index (χ4n) is 2.49. The molecule has 0 unspecified atom stereocenters. The Labute approximate surface area is 108 Å². The number of para-hydroxylation sites is 1. The molecule has 4 aromatic rings. The van der Waals surface area contributed by atoms with Gasteiger partial charge in [-0.05, 0) is 12.1 Å². The Balaban J connectivity index is 2.19. The summed E-state index contributed by atoms with van der Waals surface area (Å²) in [5, 5.41) is 2.12. The van der Waals surface area contributed by atoms with Gasteiger partial charge >= 0.3 is 5.69 Å². The second kappa shape index (κ2) is 3.62. The molecule has 19 heavy (non-hydrogen) atoms. The summed E-state index contributed by atoms with van der Waals surface area (Å²) in [6.45, 7) is 0. The fraction of sp³-hybridized carbons (Fsp3) is 0. The number of nitrogens with zero attached hydrogens (tertiary/aromatic N) is 3. The molecule has 0 aliphatic heterocycles. The highest BCUT2D eigenvalue weighted by Crippen LogP contribution is 2.18. The highest BCUT2D eigenvalue weighted by Gasteiger charge is 2.17. The van der Waals surface area contributed by atoms with Gasteiger partial charge in [0.2, 0.25) is 0 Å². The molecular weight excluding hydrogens is 238 g/mol. The van der Waals surface area contributed by atoms with Gasteiger partial charge in [0, 0.05) is 29.9 Å². The van der Waals surface area contributed by atoms with Crippen LogP contribution in [0.2, 0.25) is 0 Å². The highest BCUT2D eigenvalue weighted by atomic mass is 16.1. The smallest absolute Gasteiger partial charge is 0.264 e. The maximum atomic E-state index is 12.5. The second-order valence-electron chi connectivity index (χ2n) is 4.46. The van der Waals surface area contributed by atoms with Crippen LogP contribution < -0.4 is 10.3 Å². The summed E-state index contributed by atoms with van der Waals surface area (Å²) in [6, 6.07) is 11.6. The van der Waals surface area contributed by atoms with Crippen molar-refractivity contribution in [2.45, 2.75) is 0 Å². The Kier molecular flexibility index (Phi) is 1.94. The van der Waals surface area contributed by atoms with Crippen LogP contribution in [0.1, 0.15) is 0 Å². The summed E-state index contributed by atoms with van der Waals surface area (Å²) >= 11 is 0. The van der Waals surface area contributed by atoms with Crippen molar-refractivity contribution in [3.8, 4) is 5.69 Å². The van der Waals surface area contributed by atoms with Crippen LogP contribution >= 0.6 is 0 Å². The normalized spacial score (nSPS) is 11.4. The first-order chi connectivity index (χ1) is 9.34. The van der Waals surface area contributed by atoms with Gasteiger partial charge in [-0.1, -0.05) is 12.1 Å². The van der Waals surface area contributed by atoms with E-state index in [9.17, 15) is 4.79 Å². The maximum Gasteiger partial charge on any atom is 0.508 e. The van der Waals surface area contributed by atoms with Crippen LogP contribution in [0, 0.1) is 0 Å². The lowest BCUT2D eigenvalue weighted by molar-refractivity contribution is -0.614. The minimum absolute atomic E-state index is 0.0695. The number of hydrogen-bond acceptors (Lipinski definition) is 2. The predicted octanol–water partition coefficient (Wildman–Crippen LogP) is 1.56. The second-order valence-corrected chi connectivity index (χ2v) is 4.46. The molecule has 90 valence electrons. The lowest BCUT2D eigenvalue weighted by atomic mass is 10.2. The molecule has 0 saturated carbocycles. The number of aromatic nitrogens is 3. The van der Waals surface area contributed by atoms with Crippen LogP contribution in [0.5, 0.6) is 0 Å². The van der Waals surface area contributed by atoms with E-state index in [0.717, 1.165) is 22.0 Å². The monoisotopic (exact) mass is 248 g/mol. The van der Waals surface area contributed by atoms with E-state index in [4.69, 9.17) is 0 Å². The summed E-state index contributed by atoms with van der Waals surface area (Å²) < 4.78 is 3.33. The van der Waals surface area contributed by atoms with E-state index < -0.39 is 0 Å². The Morgan fingerprint density at radius 3 is 2.63 bits per heavy atom. The first kappa shape index (κ1) is 10.2. The Morgan fingerprint density at radius 1 is 1.00 bits per heavy atom. The van der Waals surface area contributed by atoms with Gasteiger partial charge in [-0.25, -0.2) is 0 Å². The summed E-state index contributed by atoms with van der Waals surface area (Å²) in [4.78, 5) is 16.5. The van der Waals surface area contributed by atoms with Crippen molar-refractivity contribution < 1.29 is 4.57 Å². The van der Waals surface area contributed by atoms with E-state index in [1.54, 1.807) is 21.4 Å². The fourth-order valence-corrected chi connectivity index (χ4v) is 2.49. The molecule has 0 atom stereocenters. The molecule has 0 amide bonds. The van der Waals surface area contributed by atoms with Gasteiger partial charge in [-0.2, -0.15) is 13.8 Å². The minimum atomic E-state index is -0.0695. The van der Waals surface area contributed by atoms with Crippen molar-refractivity contribution >= 4 is 16.3 Å². The lowest BCUT2D eigenvalue weighted by Gasteiger charge is -2.00. The Morgan fingerprint density at radius 2 is 1.79 bits per heavy atom. The zero-order valence-electron chi connectivity index (χ0n) is 10.0. The molecule has 0 spiro atoms. The van der Waals surface area contributed by atoms with E-state index in [1.165, 1.54) is 0 Å². The number of hydrogen-bond donors (Lipinski definition) is 0. The van der Waals surface area contributed by atoms with Crippen LogP contribution in [-0.2, 0) is 0 Å². The van der Waals surface area contributed by atoms with Crippen molar-refractivity contribution in [1.29, 1.82) is 0 Å². The summed E-state index contributed by atoms with van der Waals surface area (Å²) in [5.41, 5.74) is 1.72. The van der Waals surface area contributed by atoms with Crippen LogP contribution in [0.4, 0.5) is 0 Å². The van der Waals surface area contributed by atoms with Gasteiger partial charge in [0.1, 0.15) is 18.1 Å². The van der Waals surface area contributed by atoms with Crippen molar-refractivity contribution in [3.63, 3.8) is 0 Å². The zero-order chi connectivity index (χ0) is 12.8. The van der Waals surface area contributed by atoms with Crippen molar-refractivity contribution in [2.24, 2.45) is 0 Å². The number of rotatable bonds is 1. The SMILES string of the molecule is O=c1n2ccc3cccc(c[n+]1-c1ccncc1)c32. The topological polar surface area (TPSA) is 38.2 Å². The standard InChI is InChI=1S/C15H10N3O/c19-15-17-9-6-11-2-1-3-12(14(11)17)10-18(15)13-4-7-16-8-5-13/h1-10H/q+1. The lowest BCUT2D eigenvalue weighted by Crippen LogP contribution is -2.50. The Bertz CT molecular complexity index is 928. The molecule has 0 aliphatic carbocycles. The molecule has 4 nitrogen and oxygen atoms in total. The van der Waals surface area contributed by atoms with E-state index in [-0.39, 0.29) is 5.69 Å². The molecule has 0 radical (unpaired) electrons. The molecule has 0 saturated heterocycles. The maximum absolute atomic E-state index is 12.5. The molecular formula is C15H10N3O+. The van der Waals surface area contributed by atoms with Crippen molar-refractivity contribution in [2.75, 3.05) is 0 Å². The van der Waals surface area contributed by atoms with E-state index >= 15 is 0 Å². The first-order valence-electron chi connectivity index (χ1n) is 6.03. The molecule has 4 rings (SSSR count). The third-order valence-electron chi connectivity index (χ3n) is 3.36. The zero-order valence-corrected chi connectivity index (χ0v) is 10.0. The predicted molar refractivity (Wildman–Crippen MR) is 71.7 cm³/mol. The quantitative estimate of drug-likeness (QED) is 0.479. The molecule has 0 bridgehead atoms. The van der Waals surface area contributed by atoms with Crippen LogP contribution in [0.25, 0.3) is 22.0 Å². The molecule has 0 aliphatic rings. The van der Waals surface area contributed by atoms with Crippen LogP contribution in [-0.4, -0.2) is 9.38 Å². The van der Waals surface area contributed by atoms with Crippen LogP contribution in [0.3, 0.4) is 0 Å². The summed E-state index contributed by atoms with van der Waals surface area (Å²) in [7, 11) is 0. The van der Waals surface area contributed by atoms with Crippen molar-refractivity contribution in [3.05, 3.63) is 71.7 Å². The molecule has 0 fully saturated rings. The molecule has 3 heterocycles. The summed E-state index contributed by atoms with van der Waals surface area (Å²) in [6.07, 6.45) is 7.06. The number of benzene rings is 1. The molecule has 4 heteroatoms. The highest BCUT2D eigenvalue weighted by molar-refractivity contribution is 5.95. The average molecular weight is 248 g/mol. The van der Waals surface area contributed by atoms with Gasteiger partial charge in [0.15, 0.2) is 5.52 Å². The largest absolute Gasteiger partial charge is 0.508 e. The van der Waals surface area contributed by atoms with Gasteiger partial charge in [0.25, 0.3) is 0 Å². The van der Waals surface area contributed by atoms with E-state index in [0.29, 0.717) is 0 Å². The van der Waals surface area contributed by atoms with Crippen molar-refractivity contribution in [1.82, 2.24) is 9.38 Å². The third kappa shape index (κ3) is 1.37. The number of pyridine rings is 1. The Hall–Kier alpha value is -2.75. The van der Waals surface area contributed by atoms with E-state index in [2.05, 4.69) is 4.98 Å². The molecule has 3 aromatic heterocycles. The van der Waals surface area contributed by atoms with E-state index in [1.807, 2.05) is 48.8 Å². The van der Waals surface area contributed by atoms with Gasteiger partial charge in [-0.15, -0.1) is 0 Å².